The topological polar surface area (TPSA) is 123 Å². The van der Waals surface area contributed by atoms with Gasteiger partial charge in [0.05, 0.1) is 10.7 Å². The van der Waals surface area contributed by atoms with Gasteiger partial charge in [-0.3, -0.25) is 0 Å². The monoisotopic (exact) mass is 331 g/mol. The van der Waals surface area contributed by atoms with E-state index in [1.54, 1.807) is 13.8 Å². The molecule has 10 heteroatoms. The summed E-state index contributed by atoms with van der Waals surface area (Å²) in [4.78, 5) is 3.77. The van der Waals surface area contributed by atoms with Crippen molar-refractivity contribution in [3.8, 4) is 0 Å². The number of anilines is 1. The van der Waals surface area contributed by atoms with Crippen molar-refractivity contribution in [2.75, 3.05) is 5.43 Å². The number of nitrogens with one attached hydrogen (secondary N) is 2. The lowest BCUT2D eigenvalue weighted by molar-refractivity contribution is 0.392. The minimum Gasteiger partial charge on any atom is -0.361 e. The van der Waals surface area contributed by atoms with Crippen LogP contribution in [0.5, 0.6) is 0 Å². The summed E-state index contributed by atoms with van der Waals surface area (Å²) in [6.45, 7) is 3.52. The zero-order chi connectivity index (χ0) is 15.6. The van der Waals surface area contributed by atoms with Crippen molar-refractivity contribution in [3.63, 3.8) is 0 Å². The highest BCUT2D eigenvalue weighted by Gasteiger charge is 2.18. The third-order valence-corrected chi connectivity index (χ3v) is 4.54. The third kappa shape index (κ3) is 3.32. The maximum absolute atomic E-state index is 12.2. The molecular formula is C11H14ClN5O3S. The number of pyridine rings is 1. The Morgan fingerprint density at radius 3 is 2.67 bits per heavy atom. The van der Waals surface area contributed by atoms with Crippen LogP contribution in [0.15, 0.2) is 21.7 Å². The molecule has 0 bridgehead atoms. The predicted octanol–water partition coefficient (Wildman–Crippen LogP) is 1.10. The highest BCUT2D eigenvalue weighted by molar-refractivity contribution is 7.89. The Kier molecular flexibility index (Phi) is 4.47. The van der Waals surface area contributed by atoms with Crippen LogP contribution in [0, 0.1) is 13.8 Å². The summed E-state index contributed by atoms with van der Waals surface area (Å²) in [7, 11) is -3.75. The summed E-state index contributed by atoms with van der Waals surface area (Å²) in [5, 5.41) is 3.87. The first-order chi connectivity index (χ1) is 9.85. The maximum atomic E-state index is 12.2. The Morgan fingerprint density at radius 2 is 2.14 bits per heavy atom. The fourth-order valence-electron chi connectivity index (χ4n) is 1.68. The summed E-state index contributed by atoms with van der Waals surface area (Å²) in [5.41, 5.74) is 3.59. The molecule has 0 atom stereocenters. The Balaban J connectivity index is 2.21. The number of nitrogens with zero attached hydrogens (tertiary/aromatic N) is 2. The molecular weight excluding hydrogens is 318 g/mol. The highest BCUT2D eigenvalue weighted by atomic mass is 35.5. The van der Waals surface area contributed by atoms with Gasteiger partial charge in [0.15, 0.2) is 5.82 Å². The van der Waals surface area contributed by atoms with Gasteiger partial charge in [-0.05, 0) is 19.9 Å². The van der Waals surface area contributed by atoms with E-state index >= 15 is 0 Å². The van der Waals surface area contributed by atoms with Gasteiger partial charge in [-0.15, -0.1) is 0 Å². The summed E-state index contributed by atoms with van der Waals surface area (Å²) < 4.78 is 31.8. The molecule has 0 amide bonds. The SMILES string of the molecule is Cc1noc(C)c1CNS(=O)(=O)c1cnc(NN)c(Cl)c1. The minimum absolute atomic E-state index is 0.0572. The quantitative estimate of drug-likeness (QED) is 0.553. The van der Waals surface area contributed by atoms with E-state index in [-0.39, 0.29) is 22.3 Å². The molecule has 0 fully saturated rings. The summed E-state index contributed by atoms with van der Waals surface area (Å²) in [6.07, 6.45) is 1.16. The second-order valence-electron chi connectivity index (χ2n) is 4.27. The molecule has 114 valence electrons. The normalized spacial score (nSPS) is 11.6. The molecule has 0 aliphatic carbocycles. The van der Waals surface area contributed by atoms with Crippen molar-refractivity contribution in [2.45, 2.75) is 25.3 Å². The summed E-state index contributed by atoms with van der Waals surface area (Å²) in [5.74, 6) is 5.95. The van der Waals surface area contributed by atoms with Gasteiger partial charge in [-0.2, -0.15) is 0 Å². The van der Waals surface area contributed by atoms with Crippen LogP contribution >= 0.6 is 11.6 Å². The molecule has 4 N–H and O–H groups in total. The van der Waals surface area contributed by atoms with Crippen LogP contribution in [0.3, 0.4) is 0 Å². The molecule has 0 aliphatic heterocycles. The summed E-state index contributed by atoms with van der Waals surface area (Å²) in [6, 6.07) is 1.26. The lowest BCUT2D eigenvalue weighted by Gasteiger charge is -2.08. The van der Waals surface area contributed by atoms with E-state index in [4.69, 9.17) is 22.0 Å². The standard InChI is InChI=1S/C11H14ClN5O3S/c1-6-9(7(2)20-17-6)5-15-21(18,19)8-3-10(12)11(16-13)14-4-8/h3-4,15H,5,13H2,1-2H3,(H,14,16). The van der Waals surface area contributed by atoms with Crippen LogP contribution < -0.4 is 16.0 Å². The summed E-state index contributed by atoms with van der Waals surface area (Å²) >= 11 is 5.86. The Bertz CT molecular complexity index is 740. The van der Waals surface area contributed by atoms with Gasteiger partial charge in [0.25, 0.3) is 0 Å². The largest absolute Gasteiger partial charge is 0.361 e. The van der Waals surface area contributed by atoms with E-state index in [1.165, 1.54) is 6.07 Å². The van der Waals surface area contributed by atoms with Crippen molar-refractivity contribution in [3.05, 3.63) is 34.3 Å². The van der Waals surface area contributed by atoms with Crippen molar-refractivity contribution in [1.29, 1.82) is 0 Å². The van der Waals surface area contributed by atoms with E-state index in [1.807, 2.05) is 0 Å². The van der Waals surface area contributed by atoms with Crippen LogP contribution in [0.1, 0.15) is 17.0 Å². The number of nitrogen functional groups attached to an aromatic ring is 1. The first kappa shape index (κ1) is 15.7. The Labute approximate surface area is 126 Å². The zero-order valence-corrected chi connectivity index (χ0v) is 12.9. The van der Waals surface area contributed by atoms with Crippen molar-refractivity contribution in [2.24, 2.45) is 5.84 Å². The Morgan fingerprint density at radius 1 is 1.43 bits per heavy atom. The molecule has 0 saturated heterocycles. The van der Waals surface area contributed by atoms with Gasteiger partial charge >= 0.3 is 0 Å². The molecule has 0 aliphatic rings. The molecule has 0 saturated carbocycles. The molecule has 0 spiro atoms. The fourth-order valence-corrected chi connectivity index (χ4v) is 2.93. The van der Waals surface area contributed by atoms with Gasteiger partial charge in [0.2, 0.25) is 10.0 Å². The third-order valence-electron chi connectivity index (χ3n) is 2.88. The zero-order valence-electron chi connectivity index (χ0n) is 11.3. The first-order valence-corrected chi connectivity index (χ1v) is 7.75. The molecule has 2 aromatic rings. The number of sulfonamides is 1. The highest BCUT2D eigenvalue weighted by Crippen LogP contribution is 2.22. The van der Waals surface area contributed by atoms with Crippen LogP contribution in [-0.4, -0.2) is 18.6 Å². The van der Waals surface area contributed by atoms with Crippen molar-refractivity contribution >= 4 is 27.4 Å². The molecule has 2 heterocycles. The van der Waals surface area contributed by atoms with Crippen LogP contribution in [0.4, 0.5) is 5.82 Å². The number of hydrazine groups is 1. The second-order valence-corrected chi connectivity index (χ2v) is 6.45. The average Bonchev–Trinajstić information content (AvgIpc) is 2.76. The molecule has 8 nitrogen and oxygen atoms in total. The number of hydrogen-bond acceptors (Lipinski definition) is 7. The molecule has 0 unspecified atom stereocenters. The van der Waals surface area contributed by atoms with Crippen LogP contribution in [0.2, 0.25) is 5.02 Å². The van der Waals surface area contributed by atoms with Crippen molar-refractivity contribution < 1.29 is 12.9 Å². The van der Waals surface area contributed by atoms with Gasteiger partial charge in [-0.25, -0.2) is 24.0 Å². The van der Waals surface area contributed by atoms with E-state index in [0.717, 1.165) is 6.20 Å². The number of halogens is 1. The molecule has 2 aromatic heterocycles. The molecule has 2 rings (SSSR count). The van der Waals surface area contributed by atoms with Gasteiger partial charge < -0.3 is 9.95 Å². The Hall–Kier alpha value is -1.68. The number of rotatable bonds is 5. The lowest BCUT2D eigenvalue weighted by atomic mass is 10.2. The van der Waals surface area contributed by atoms with E-state index in [9.17, 15) is 8.42 Å². The lowest BCUT2D eigenvalue weighted by Crippen LogP contribution is -2.24. The first-order valence-electron chi connectivity index (χ1n) is 5.88. The van der Waals surface area contributed by atoms with Crippen molar-refractivity contribution in [1.82, 2.24) is 14.9 Å². The maximum Gasteiger partial charge on any atom is 0.242 e. The van der Waals surface area contributed by atoms with E-state index in [2.05, 4.69) is 20.3 Å². The second kappa shape index (κ2) is 5.98. The number of aryl methyl sites for hydroxylation is 2. The van der Waals surface area contributed by atoms with Gasteiger partial charge in [0.1, 0.15) is 10.7 Å². The number of hydrogen-bond donors (Lipinski definition) is 3. The van der Waals surface area contributed by atoms with Gasteiger partial charge in [-0.1, -0.05) is 16.8 Å². The number of aromatic nitrogens is 2. The average molecular weight is 332 g/mol. The molecule has 21 heavy (non-hydrogen) atoms. The fraction of sp³-hybridized carbons (Fsp3) is 0.273. The predicted molar refractivity (Wildman–Crippen MR) is 77.1 cm³/mol. The van der Waals surface area contributed by atoms with Gasteiger partial charge in [0, 0.05) is 18.3 Å². The van der Waals surface area contributed by atoms with E-state index in [0.29, 0.717) is 17.0 Å². The smallest absolute Gasteiger partial charge is 0.242 e. The molecule has 0 aromatic carbocycles. The van der Waals surface area contributed by atoms with Crippen LogP contribution in [-0.2, 0) is 16.6 Å². The minimum atomic E-state index is -3.75. The van der Waals surface area contributed by atoms with E-state index < -0.39 is 10.0 Å². The van der Waals surface area contributed by atoms with Crippen LogP contribution in [0.25, 0.3) is 0 Å². The molecule has 0 radical (unpaired) electrons. The number of nitrogens with two attached hydrogens (primary N) is 1.